The Labute approximate surface area is 459 Å². The maximum Gasteiger partial charge on any atom is 0.223 e. The van der Waals surface area contributed by atoms with E-state index in [1.54, 1.807) is 29.4 Å². The molecule has 5 atom stereocenters. The number of unbranched alkanes of at least 4 members (excludes halogenated alkanes) is 1. The monoisotopic (exact) mass is 1060 g/mol. The molecule has 2 aliphatic rings. The van der Waals surface area contributed by atoms with Crippen LogP contribution in [0.15, 0.2) is 22.3 Å². The van der Waals surface area contributed by atoms with Gasteiger partial charge in [-0.3, -0.25) is 19.2 Å². The lowest BCUT2D eigenvalue weighted by atomic mass is 9.70. The van der Waals surface area contributed by atoms with E-state index < -0.39 is 0 Å². The van der Waals surface area contributed by atoms with Gasteiger partial charge in [0.05, 0.1) is 46.2 Å². The van der Waals surface area contributed by atoms with Gasteiger partial charge in [0.2, 0.25) is 17.7 Å². The second-order valence-electron chi connectivity index (χ2n) is 24.6. The zero-order valence-corrected chi connectivity index (χ0v) is 50.2. The predicted molar refractivity (Wildman–Crippen MR) is 308 cm³/mol. The van der Waals surface area contributed by atoms with Crippen molar-refractivity contribution in [1.82, 2.24) is 16.0 Å². The first-order valence-electron chi connectivity index (χ1n) is 30.3. The number of amides is 3. The largest absolute Gasteiger partial charge is 0.382 e. The van der Waals surface area contributed by atoms with Gasteiger partial charge in [0, 0.05) is 71.6 Å². The van der Waals surface area contributed by atoms with Gasteiger partial charge in [0.15, 0.2) is 0 Å². The number of rotatable bonds is 46. The molecule has 0 fully saturated rings. The Morgan fingerprint density at radius 1 is 0.480 bits per heavy atom. The number of ketones is 1. The van der Waals surface area contributed by atoms with E-state index in [0.29, 0.717) is 146 Å². The van der Waals surface area contributed by atoms with Crippen LogP contribution in [0.5, 0.6) is 0 Å². The zero-order chi connectivity index (χ0) is 55.3. The van der Waals surface area contributed by atoms with Crippen molar-refractivity contribution in [1.29, 1.82) is 0 Å². The molecule has 436 valence electrons. The standard InChI is InChI=1S/C63H115N3O9/c1-49(27-29-57-53(5)24-16-32-62(57,7)8)20-14-22-51(3)46-56(67)48-55(61(70)66-36-19-38-73-43-45-75-44-42-72-37-18-35-64-59(68)31-39-74-41-40-71-11)26-12-13-34-65-60(69)47-52(4)23-15-21-50(2)28-30-58-54(6)25-17-33-63(58,9)10/h49-52,55H,12-48H2,1-11H3,(H,64,68)(H,65,69)(H,66,70)/t49?,50?,51?,52?,55-/m1/s1. The number of hydrogen-bond acceptors (Lipinski definition) is 9. The molecule has 0 heterocycles. The molecule has 0 spiro atoms. The molecule has 12 heteroatoms. The molecule has 2 rings (SSSR count). The molecule has 75 heavy (non-hydrogen) atoms. The van der Waals surface area contributed by atoms with Gasteiger partial charge in [-0.05, 0) is 138 Å². The third-order valence-corrected chi connectivity index (χ3v) is 16.4. The second-order valence-corrected chi connectivity index (χ2v) is 24.6. The van der Waals surface area contributed by atoms with Gasteiger partial charge in [-0.25, -0.2) is 0 Å². The van der Waals surface area contributed by atoms with Gasteiger partial charge in [-0.15, -0.1) is 0 Å². The summed E-state index contributed by atoms with van der Waals surface area (Å²) in [6, 6.07) is 0. The van der Waals surface area contributed by atoms with E-state index in [1.807, 2.05) is 0 Å². The first kappa shape index (κ1) is 68.5. The molecular formula is C63H115N3O9. The molecule has 0 aliphatic heterocycles. The van der Waals surface area contributed by atoms with E-state index in [9.17, 15) is 19.2 Å². The van der Waals surface area contributed by atoms with Crippen molar-refractivity contribution in [2.75, 3.05) is 86.2 Å². The molecule has 3 N–H and O–H groups in total. The summed E-state index contributed by atoms with van der Waals surface area (Å²) in [5.74, 6) is 1.80. The molecule has 0 saturated heterocycles. The number of hydrogen-bond donors (Lipinski definition) is 3. The number of carbonyl (C=O) groups is 4. The van der Waals surface area contributed by atoms with Crippen molar-refractivity contribution >= 4 is 23.5 Å². The highest BCUT2D eigenvalue weighted by atomic mass is 16.5. The fourth-order valence-electron chi connectivity index (χ4n) is 11.5. The first-order valence-corrected chi connectivity index (χ1v) is 30.3. The van der Waals surface area contributed by atoms with Crippen LogP contribution in [0.4, 0.5) is 0 Å². The third-order valence-electron chi connectivity index (χ3n) is 16.4. The van der Waals surface area contributed by atoms with E-state index in [-0.39, 0.29) is 35.8 Å². The lowest BCUT2D eigenvalue weighted by molar-refractivity contribution is -0.130. The fourth-order valence-corrected chi connectivity index (χ4v) is 11.5. The number of Topliss-reactive ketones (excluding diaryl/α,β-unsaturated/α-hetero) is 1. The van der Waals surface area contributed by atoms with Crippen LogP contribution in [0.1, 0.15) is 230 Å². The third kappa shape index (κ3) is 32.8. The Balaban J connectivity index is 1.70. The summed E-state index contributed by atoms with van der Waals surface area (Å²) >= 11 is 0. The molecule has 0 aromatic carbocycles. The number of methoxy groups -OCH3 is 1. The van der Waals surface area contributed by atoms with Crippen LogP contribution in [-0.4, -0.2) is 110 Å². The topological polar surface area (TPSA) is 151 Å². The van der Waals surface area contributed by atoms with E-state index in [4.69, 9.17) is 23.7 Å². The maximum atomic E-state index is 13.6. The van der Waals surface area contributed by atoms with Crippen LogP contribution < -0.4 is 16.0 Å². The van der Waals surface area contributed by atoms with Crippen molar-refractivity contribution in [2.45, 2.75) is 230 Å². The summed E-state index contributed by atoms with van der Waals surface area (Å²) in [4.78, 5) is 51.9. The van der Waals surface area contributed by atoms with Crippen LogP contribution in [0, 0.1) is 40.4 Å². The fraction of sp³-hybridized carbons (Fsp3) is 0.873. The van der Waals surface area contributed by atoms with Gasteiger partial charge in [0.25, 0.3) is 0 Å². The maximum absolute atomic E-state index is 13.6. The normalized spacial score (nSPS) is 17.6. The summed E-state index contributed by atoms with van der Waals surface area (Å²) in [6.45, 7) is 29.4. The number of allylic oxidation sites excluding steroid dienone is 4. The van der Waals surface area contributed by atoms with Crippen LogP contribution in [0.25, 0.3) is 0 Å². The molecule has 0 bridgehead atoms. The summed E-state index contributed by atoms with van der Waals surface area (Å²) in [6.07, 6.45) is 24.7. The number of nitrogens with one attached hydrogen (secondary N) is 3. The minimum absolute atomic E-state index is 0.0357. The van der Waals surface area contributed by atoms with Crippen LogP contribution in [-0.2, 0) is 42.9 Å². The molecular weight excluding hydrogens is 943 g/mol. The van der Waals surface area contributed by atoms with E-state index in [1.165, 1.54) is 77.0 Å². The van der Waals surface area contributed by atoms with Gasteiger partial charge in [-0.1, -0.05) is 123 Å². The molecule has 2 aliphatic carbocycles. The Bertz CT molecular complexity index is 1640. The Morgan fingerprint density at radius 2 is 0.933 bits per heavy atom. The molecule has 0 radical (unpaired) electrons. The molecule has 4 unspecified atom stereocenters. The molecule has 12 nitrogen and oxygen atoms in total. The lowest BCUT2D eigenvalue weighted by Crippen LogP contribution is -2.33. The Hall–Kier alpha value is -2.64. The summed E-state index contributed by atoms with van der Waals surface area (Å²) in [5, 5.41) is 9.10. The molecule has 0 aromatic rings. The van der Waals surface area contributed by atoms with Crippen LogP contribution >= 0.6 is 0 Å². The van der Waals surface area contributed by atoms with Gasteiger partial charge in [0.1, 0.15) is 5.78 Å². The summed E-state index contributed by atoms with van der Waals surface area (Å²) < 4.78 is 27.2. The SMILES string of the molecule is COCCOCCC(=O)NCCCOCCOCCOCCCNC(=O)[C@H](CCCCNC(=O)CC(C)CCCC(C)CCC1=C(C)CCCC1(C)C)CC(=O)CC(C)CCCC(C)CCC1=C(C)CCCC1(C)C. The lowest BCUT2D eigenvalue weighted by Gasteiger charge is -2.35. The van der Waals surface area contributed by atoms with Crippen molar-refractivity contribution in [2.24, 2.45) is 40.4 Å². The summed E-state index contributed by atoms with van der Waals surface area (Å²) in [5.41, 5.74) is 7.31. The van der Waals surface area contributed by atoms with Crippen molar-refractivity contribution in [3.05, 3.63) is 22.3 Å². The number of ether oxygens (including phenoxy) is 5. The minimum atomic E-state index is -0.383. The Morgan fingerprint density at radius 3 is 1.47 bits per heavy atom. The number of carbonyl (C=O) groups excluding carboxylic acids is 4. The van der Waals surface area contributed by atoms with E-state index in [0.717, 1.165) is 44.9 Å². The Kier molecular flexibility index (Phi) is 37.0. The van der Waals surface area contributed by atoms with Crippen LogP contribution in [0.3, 0.4) is 0 Å². The quantitative estimate of drug-likeness (QED) is 0.0400. The van der Waals surface area contributed by atoms with Gasteiger partial charge in [-0.2, -0.15) is 0 Å². The average molecular weight is 1060 g/mol. The molecule has 3 amide bonds. The highest BCUT2D eigenvalue weighted by Gasteiger charge is 2.30. The van der Waals surface area contributed by atoms with Crippen molar-refractivity contribution in [3.63, 3.8) is 0 Å². The predicted octanol–water partition coefficient (Wildman–Crippen LogP) is 13.2. The van der Waals surface area contributed by atoms with Crippen molar-refractivity contribution in [3.8, 4) is 0 Å². The molecule has 0 saturated carbocycles. The van der Waals surface area contributed by atoms with E-state index in [2.05, 4.69) is 85.2 Å². The average Bonchev–Trinajstić information content (AvgIpc) is 3.33. The minimum Gasteiger partial charge on any atom is -0.382 e. The highest BCUT2D eigenvalue weighted by Crippen LogP contribution is 2.44. The van der Waals surface area contributed by atoms with Gasteiger partial charge < -0.3 is 39.6 Å². The summed E-state index contributed by atoms with van der Waals surface area (Å²) in [7, 11) is 1.62. The van der Waals surface area contributed by atoms with Crippen molar-refractivity contribution < 1.29 is 42.9 Å². The van der Waals surface area contributed by atoms with E-state index >= 15 is 0 Å². The second kappa shape index (κ2) is 40.5. The van der Waals surface area contributed by atoms with Crippen LogP contribution in [0.2, 0.25) is 0 Å². The zero-order valence-electron chi connectivity index (χ0n) is 50.2. The molecule has 0 aromatic heterocycles. The smallest absolute Gasteiger partial charge is 0.223 e. The first-order chi connectivity index (χ1) is 35.8. The highest BCUT2D eigenvalue weighted by molar-refractivity contribution is 5.86. The van der Waals surface area contributed by atoms with Gasteiger partial charge >= 0.3 is 0 Å².